The molecule has 248 valence electrons. The Bertz CT molecular complexity index is 1650. The third kappa shape index (κ3) is 7.37. The second-order valence-corrected chi connectivity index (χ2v) is 11.8. The maximum Gasteiger partial charge on any atom is 0.338 e. The highest BCUT2D eigenvalue weighted by atomic mass is 19.1. The van der Waals surface area contributed by atoms with Crippen LogP contribution in [0.15, 0.2) is 115 Å². The van der Waals surface area contributed by atoms with Gasteiger partial charge < -0.3 is 24.1 Å². The molecule has 1 fully saturated rings. The van der Waals surface area contributed by atoms with Crippen LogP contribution in [0.25, 0.3) is 0 Å². The Hall–Kier alpha value is -4.74. The van der Waals surface area contributed by atoms with E-state index in [0.717, 1.165) is 16.0 Å². The minimum atomic E-state index is -1.36. The molecule has 0 spiro atoms. The van der Waals surface area contributed by atoms with E-state index in [9.17, 15) is 23.9 Å². The number of hydrogen-bond donors (Lipinski definition) is 1. The lowest BCUT2D eigenvalue weighted by atomic mass is 9.88. The van der Waals surface area contributed by atoms with Gasteiger partial charge in [0.05, 0.1) is 48.7 Å². The Morgan fingerprint density at radius 2 is 1.31 bits per heavy atom. The van der Waals surface area contributed by atoms with Crippen molar-refractivity contribution in [3.05, 3.63) is 143 Å². The van der Waals surface area contributed by atoms with Crippen LogP contribution in [0.3, 0.4) is 0 Å². The monoisotopic (exact) mass is 653 g/mol. The normalized spacial score (nSPS) is 22.7. The van der Waals surface area contributed by atoms with E-state index in [1.165, 1.54) is 0 Å². The zero-order chi connectivity index (χ0) is 33.5. The molecular weight excluding hydrogens is 617 g/mol. The first-order valence-corrected chi connectivity index (χ1v) is 15.8. The molecule has 4 aromatic rings. The van der Waals surface area contributed by atoms with E-state index in [0.29, 0.717) is 0 Å². The van der Waals surface area contributed by atoms with Gasteiger partial charge in [-0.3, -0.25) is 14.5 Å². The second-order valence-electron chi connectivity index (χ2n) is 11.8. The van der Waals surface area contributed by atoms with Crippen LogP contribution in [0.5, 0.6) is 0 Å². The summed E-state index contributed by atoms with van der Waals surface area (Å²) in [4.78, 5) is 41.6. The van der Waals surface area contributed by atoms with E-state index in [1.54, 1.807) is 54.6 Å². The molecule has 0 saturated carbocycles. The molecule has 9 nitrogen and oxygen atoms in total. The molecule has 1 unspecified atom stereocenters. The zero-order valence-corrected chi connectivity index (χ0v) is 26.1. The Labute approximate surface area is 277 Å². The van der Waals surface area contributed by atoms with Gasteiger partial charge in [-0.25, -0.2) is 9.18 Å². The summed E-state index contributed by atoms with van der Waals surface area (Å²) < 4.78 is 38.9. The first-order chi connectivity index (χ1) is 23.4. The van der Waals surface area contributed by atoms with Gasteiger partial charge in [0.15, 0.2) is 0 Å². The summed E-state index contributed by atoms with van der Waals surface area (Å²) in [6, 6.07) is 32.1. The largest absolute Gasteiger partial charge is 0.456 e. The molecule has 2 aliphatic heterocycles. The van der Waals surface area contributed by atoms with Gasteiger partial charge in [-0.2, -0.15) is 0 Å². The average molecular weight is 654 g/mol. The summed E-state index contributed by atoms with van der Waals surface area (Å²) >= 11 is 0. The van der Waals surface area contributed by atoms with Crippen LogP contribution in [0.1, 0.15) is 48.6 Å². The van der Waals surface area contributed by atoms with Gasteiger partial charge in [0.25, 0.3) is 11.8 Å². The van der Waals surface area contributed by atoms with E-state index in [1.807, 2.05) is 60.7 Å². The third-order valence-corrected chi connectivity index (χ3v) is 8.54. The van der Waals surface area contributed by atoms with Crippen LogP contribution in [-0.2, 0) is 32.2 Å². The molecule has 4 aromatic carbocycles. The first-order valence-electron chi connectivity index (χ1n) is 15.8. The number of alkyl halides is 1. The van der Waals surface area contributed by atoms with E-state index >= 15 is 0 Å². The summed E-state index contributed by atoms with van der Waals surface area (Å²) in [6.45, 7) is -0.851. The number of halogens is 1. The molecule has 48 heavy (non-hydrogen) atoms. The van der Waals surface area contributed by atoms with Gasteiger partial charge in [0, 0.05) is 6.42 Å². The van der Waals surface area contributed by atoms with E-state index < -0.39 is 61.0 Å². The number of carbonyl (C=O) groups excluding carboxylic acids is 3. The van der Waals surface area contributed by atoms with E-state index in [4.69, 9.17) is 18.9 Å². The standard InChI is InChI=1S/C38H36FNO8/c39-21-28(47-38(44)27-16-8-3-9-17-27)20-31-33(40-36(42)29-18-10-11-19-30(29)37(40)43)35(46-23-26-14-6-2-7-15-26)34(41)32(48-31)24-45-22-25-12-4-1-5-13-25/h1-19,28,31-35,41H,20-24H2/t28?,31-,32+,33-,34+,35+/m0/s1. The third-order valence-electron chi connectivity index (χ3n) is 8.54. The second kappa shape index (κ2) is 15.4. The summed E-state index contributed by atoms with van der Waals surface area (Å²) in [5, 5.41) is 11.8. The van der Waals surface area contributed by atoms with E-state index in [2.05, 4.69) is 0 Å². The van der Waals surface area contributed by atoms with Crippen LogP contribution in [-0.4, -0.2) is 77.6 Å². The van der Waals surface area contributed by atoms with Gasteiger partial charge in [0.1, 0.15) is 31.1 Å². The summed E-state index contributed by atoms with van der Waals surface area (Å²) in [5.74, 6) is -1.91. The maximum atomic E-state index is 14.6. The molecule has 10 heteroatoms. The van der Waals surface area contributed by atoms with Crippen molar-refractivity contribution in [3.8, 4) is 0 Å². The van der Waals surface area contributed by atoms with Crippen molar-refractivity contribution in [1.29, 1.82) is 0 Å². The highest BCUT2D eigenvalue weighted by Crippen LogP contribution is 2.36. The van der Waals surface area contributed by atoms with Gasteiger partial charge in [-0.1, -0.05) is 91.0 Å². The number of rotatable bonds is 13. The molecule has 2 amide bonds. The van der Waals surface area contributed by atoms with Crippen molar-refractivity contribution in [1.82, 2.24) is 4.90 Å². The number of amides is 2. The fourth-order valence-electron chi connectivity index (χ4n) is 6.16. The highest BCUT2D eigenvalue weighted by molar-refractivity contribution is 6.21. The molecule has 6 atom stereocenters. The lowest BCUT2D eigenvalue weighted by Crippen LogP contribution is -2.66. The van der Waals surface area contributed by atoms with E-state index in [-0.39, 0.29) is 42.9 Å². The number of imide groups is 1. The fourth-order valence-corrected chi connectivity index (χ4v) is 6.16. The van der Waals surface area contributed by atoms with Crippen LogP contribution >= 0.6 is 0 Å². The molecule has 1 saturated heterocycles. The minimum absolute atomic E-state index is 0.0437. The van der Waals surface area contributed by atoms with Crippen molar-refractivity contribution in [3.63, 3.8) is 0 Å². The average Bonchev–Trinajstić information content (AvgIpc) is 3.38. The number of nitrogens with zero attached hydrogens (tertiary/aromatic N) is 1. The van der Waals surface area contributed by atoms with Crippen molar-refractivity contribution < 1.29 is 42.8 Å². The molecule has 0 aliphatic carbocycles. The maximum absolute atomic E-state index is 14.6. The predicted octanol–water partition coefficient (Wildman–Crippen LogP) is 5.17. The molecular formula is C38H36FNO8. The number of ether oxygens (including phenoxy) is 4. The van der Waals surface area contributed by atoms with Crippen LogP contribution in [0.2, 0.25) is 0 Å². The highest BCUT2D eigenvalue weighted by Gasteiger charge is 2.54. The van der Waals surface area contributed by atoms with Crippen molar-refractivity contribution in [2.24, 2.45) is 0 Å². The predicted molar refractivity (Wildman–Crippen MR) is 173 cm³/mol. The minimum Gasteiger partial charge on any atom is -0.456 e. The molecule has 2 aliphatic rings. The number of esters is 1. The Kier molecular flexibility index (Phi) is 10.7. The number of carbonyl (C=O) groups is 3. The van der Waals surface area contributed by atoms with Gasteiger partial charge >= 0.3 is 5.97 Å². The SMILES string of the molecule is O=C(OC(CF)C[C@@H]1O[C@H](COCc2ccccc2)[C@@H](O)[C@H](OCc2ccccc2)[C@H]1N1C(=O)c2ccccc2C1=O)c1ccccc1. The van der Waals surface area contributed by atoms with Crippen molar-refractivity contribution in [2.45, 2.75) is 56.2 Å². The lowest BCUT2D eigenvalue weighted by Gasteiger charge is -2.47. The summed E-state index contributed by atoms with van der Waals surface area (Å²) in [7, 11) is 0. The Morgan fingerprint density at radius 3 is 1.90 bits per heavy atom. The van der Waals surface area contributed by atoms with Crippen LogP contribution < -0.4 is 0 Å². The number of benzene rings is 4. The number of fused-ring (bicyclic) bond motifs is 1. The summed E-state index contributed by atoms with van der Waals surface area (Å²) in [6.07, 6.45) is -6.15. The van der Waals surface area contributed by atoms with Crippen LogP contribution in [0.4, 0.5) is 4.39 Å². The van der Waals surface area contributed by atoms with Crippen molar-refractivity contribution >= 4 is 17.8 Å². The fraction of sp³-hybridized carbons (Fsp3) is 0.289. The molecule has 0 radical (unpaired) electrons. The number of aliphatic hydroxyl groups is 1. The Balaban J connectivity index is 1.32. The Morgan fingerprint density at radius 1 is 0.771 bits per heavy atom. The topological polar surface area (TPSA) is 112 Å². The molecule has 2 heterocycles. The van der Waals surface area contributed by atoms with Gasteiger partial charge in [-0.05, 0) is 35.4 Å². The molecule has 1 N–H and O–H groups in total. The van der Waals surface area contributed by atoms with Crippen molar-refractivity contribution in [2.75, 3.05) is 13.3 Å². The van der Waals surface area contributed by atoms with Gasteiger partial charge in [0.2, 0.25) is 0 Å². The smallest absolute Gasteiger partial charge is 0.338 e. The first kappa shape index (κ1) is 33.2. The lowest BCUT2D eigenvalue weighted by molar-refractivity contribution is -0.229. The van der Waals surface area contributed by atoms with Crippen LogP contribution in [0, 0.1) is 0 Å². The zero-order valence-electron chi connectivity index (χ0n) is 26.1. The van der Waals surface area contributed by atoms with Gasteiger partial charge in [-0.15, -0.1) is 0 Å². The molecule has 0 bridgehead atoms. The molecule has 0 aromatic heterocycles. The quantitative estimate of drug-likeness (QED) is 0.156. The number of aliphatic hydroxyl groups excluding tert-OH is 1. The number of hydrogen-bond acceptors (Lipinski definition) is 8. The molecule has 6 rings (SSSR count). The summed E-state index contributed by atoms with van der Waals surface area (Å²) in [5.41, 5.74) is 2.34.